The molecular weight excluding hydrogens is 460 g/mol. The van der Waals surface area contributed by atoms with Crippen LogP contribution >= 0.6 is 0 Å². The molecule has 0 aliphatic carbocycles. The number of halogens is 4. The fourth-order valence-electron chi connectivity index (χ4n) is 1.97. The van der Waals surface area contributed by atoms with E-state index >= 15 is 2.86 Å². The van der Waals surface area contributed by atoms with Gasteiger partial charge in [-0.2, -0.15) is 0 Å². The molecule has 1 unspecified atom stereocenters. The summed E-state index contributed by atoms with van der Waals surface area (Å²) in [5.41, 5.74) is 0.701. The van der Waals surface area contributed by atoms with E-state index < -0.39 is 39.5 Å². The molecule has 0 aliphatic heterocycles. The van der Waals surface area contributed by atoms with Crippen molar-refractivity contribution < 1.29 is 48.4 Å². The van der Waals surface area contributed by atoms with Gasteiger partial charge in [-0.15, -0.1) is 0 Å². The average molecular weight is 475 g/mol. The summed E-state index contributed by atoms with van der Waals surface area (Å²) in [4.78, 5) is 0. The van der Waals surface area contributed by atoms with Crippen LogP contribution in [-0.4, -0.2) is 23.3 Å². The average Bonchev–Trinajstić information content (AvgIpc) is 2.53. The second-order valence-corrected chi connectivity index (χ2v) is 13.8. The third-order valence-electron chi connectivity index (χ3n) is 3.26. The first kappa shape index (κ1) is 19.0. The van der Waals surface area contributed by atoms with E-state index in [2.05, 4.69) is 0 Å². The minimum absolute atomic E-state index is 0.307. The second kappa shape index (κ2) is 6.52. The first-order chi connectivity index (χ1) is 11.0. The van der Waals surface area contributed by atoms with Crippen molar-refractivity contribution in [2.45, 2.75) is 10.2 Å². The fourth-order valence-corrected chi connectivity index (χ4v) is 10.6. The van der Waals surface area contributed by atoms with Crippen LogP contribution in [0.4, 0.5) is 11.6 Å². The van der Waals surface area contributed by atoms with Gasteiger partial charge in [0.15, 0.2) is 0 Å². The zero-order valence-corrected chi connectivity index (χ0v) is 15.7. The number of alkyl halides is 3. The van der Waals surface area contributed by atoms with Crippen LogP contribution in [0.2, 0.25) is 0 Å². The van der Waals surface area contributed by atoms with E-state index in [1.165, 1.54) is 31.4 Å². The summed E-state index contributed by atoms with van der Waals surface area (Å²) in [6.45, 7) is 1.68. The Hall–Kier alpha value is -1.33. The molecule has 2 aromatic rings. The molecule has 0 aliphatic rings. The molecule has 4 nitrogen and oxygen atoms in total. The molecule has 2 aromatic carbocycles. The molecule has 0 spiro atoms. The maximum atomic E-state index is 15.7. The van der Waals surface area contributed by atoms with Gasteiger partial charge >= 0.3 is 143 Å². The summed E-state index contributed by atoms with van der Waals surface area (Å²) in [5, 5.41) is 0. The Morgan fingerprint density at radius 2 is 1.42 bits per heavy atom. The van der Waals surface area contributed by atoms with Gasteiger partial charge < -0.3 is 0 Å². The van der Waals surface area contributed by atoms with E-state index in [9.17, 15) is 17.2 Å². The predicted octanol–water partition coefficient (Wildman–Crippen LogP) is 0.526. The molecule has 0 aromatic heterocycles. The molecular formula is C15H15F3IO4S-. The molecule has 1 atom stereocenters. The van der Waals surface area contributed by atoms with Crippen molar-refractivity contribution in [3.05, 3.63) is 61.2 Å². The zero-order valence-electron chi connectivity index (χ0n) is 12.7. The fraction of sp³-hybridized carbons (Fsp3) is 0.200. The minimum atomic E-state index is -6.20. The SMILES string of the molecule is COc1ccc([I-](F)(c2ccc(C)cc2)C(F)(F)S(=O)(=O)O)cc1. The van der Waals surface area contributed by atoms with Crippen molar-refractivity contribution in [2.24, 2.45) is 0 Å². The molecule has 24 heavy (non-hydrogen) atoms. The molecule has 0 fully saturated rings. The Labute approximate surface area is 142 Å². The number of ether oxygens (including phenoxy) is 1. The summed E-state index contributed by atoms with van der Waals surface area (Å²) >= 11 is -6.20. The zero-order chi connectivity index (χ0) is 18.2. The van der Waals surface area contributed by atoms with Crippen LogP contribution in [0.25, 0.3) is 0 Å². The van der Waals surface area contributed by atoms with Gasteiger partial charge in [0.2, 0.25) is 0 Å². The second-order valence-electron chi connectivity index (χ2n) is 4.87. The van der Waals surface area contributed by atoms with Gasteiger partial charge in [0, 0.05) is 0 Å². The number of benzene rings is 2. The van der Waals surface area contributed by atoms with Crippen molar-refractivity contribution in [2.75, 3.05) is 7.11 Å². The van der Waals surface area contributed by atoms with E-state index in [1.54, 1.807) is 6.92 Å². The van der Waals surface area contributed by atoms with E-state index in [-0.39, 0.29) is 0 Å². The third-order valence-corrected chi connectivity index (χ3v) is 13.5. The van der Waals surface area contributed by atoms with Gasteiger partial charge in [0.25, 0.3) is 0 Å². The Kier molecular flexibility index (Phi) is 5.17. The van der Waals surface area contributed by atoms with E-state index in [4.69, 9.17) is 9.29 Å². The van der Waals surface area contributed by atoms with Gasteiger partial charge in [-0.05, 0) is 0 Å². The molecule has 9 heteroatoms. The number of rotatable bonds is 5. The Bertz CT molecular complexity index is 823. The normalized spacial score (nSPS) is 16.2. The van der Waals surface area contributed by atoms with Crippen LogP contribution in [-0.2, 0) is 10.1 Å². The molecule has 1 N–H and O–H groups in total. The van der Waals surface area contributed by atoms with E-state index in [0.717, 1.165) is 24.3 Å². The van der Waals surface area contributed by atoms with Crippen LogP contribution in [0, 0.1) is 14.1 Å². The van der Waals surface area contributed by atoms with Crippen molar-refractivity contribution in [1.29, 1.82) is 0 Å². The molecule has 0 bridgehead atoms. The number of methoxy groups -OCH3 is 1. The van der Waals surface area contributed by atoms with Crippen molar-refractivity contribution >= 4 is 10.1 Å². The third kappa shape index (κ3) is 3.11. The predicted molar refractivity (Wildman–Crippen MR) is 79.2 cm³/mol. The van der Waals surface area contributed by atoms with E-state index in [0.29, 0.717) is 11.3 Å². The summed E-state index contributed by atoms with van der Waals surface area (Å²) in [7, 11) is -4.59. The first-order valence-electron chi connectivity index (χ1n) is 6.56. The Morgan fingerprint density at radius 1 is 1.00 bits per heavy atom. The van der Waals surface area contributed by atoms with Gasteiger partial charge in [-0.25, -0.2) is 0 Å². The van der Waals surface area contributed by atoms with Gasteiger partial charge in [-0.3, -0.25) is 0 Å². The summed E-state index contributed by atoms with van der Waals surface area (Å²) in [6.07, 6.45) is 0. The molecule has 0 saturated carbocycles. The molecule has 0 amide bonds. The summed E-state index contributed by atoms with van der Waals surface area (Å²) in [5.74, 6) is 0.307. The van der Waals surface area contributed by atoms with Crippen LogP contribution < -0.4 is 23.7 Å². The monoisotopic (exact) mass is 475 g/mol. The standard InChI is InChI=1S/C15H15F3IO4S/c1-11-3-5-12(6-4-11)19(18,15(16,17)24(20,21)22)13-7-9-14(23-2)10-8-13/h3-10H,1-2H3,(H,20,21,22)/q-1. The Balaban J connectivity index is 2.75. The van der Waals surface area contributed by atoms with Gasteiger partial charge in [-0.1, -0.05) is 0 Å². The number of hydrogen-bond donors (Lipinski definition) is 1. The van der Waals surface area contributed by atoms with Crippen LogP contribution in [0.5, 0.6) is 5.75 Å². The topological polar surface area (TPSA) is 63.6 Å². The van der Waals surface area contributed by atoms with Crippen molar-refractivity contribution in [3.8, 4) is 5.75 Å². The van der Waals surface area contributed by atoms with Gasteiger partial charge in [0.1, 0.15) is 0 Å². The maximum absolute atomic E-state index is 15.7. The Morgan fingerprint density at radius 3 is 1.79 bits per heavy atom. The molecule has 134 valence electrons. The summed E-state index contributed by atoms with van der Waals surface area (Å²) < 4.78 is 75.2. The van der Waals surface area contributed by atoms with Crippen molar-refractivity contribution in [1.82, 2.24) is 0 Å². The number of aryl methyl sites for hydroxylation is 1. The van der Waals surface area contributed by atoms with Crippen LogP contribution in [0.1, 0.15) is 5.56 Å². The first-order valence-corrected chi connectivity index (χ1v) is 12.1. The summed E-state index contributed by atoms with van der Waals surface area (Å²) in [6, 6.07) is 9.75. The molecule has 0 saturated heterocycles. The van der Waals surface area contributed by atoms with Gasteiger partial charge in [0.05, 0.1) is 0 Å². The van der Waals surface area contributed by atoms with E-state index in [1.807, 2.05) is 0 Å². The molecule has 0 radical (unpaired) electrons. The van der Waals surface area contributed by atoms with Crippen LogP contribution in [0.3, 0.4) is 0 Å². The van der Waals surface area contributed by atoms with Crippen LogP contribution in [0.15, 0.2) is 48.5 Å². The quantitative estimate of drug-likeness (QED) is 0.390. The molecule has 0 heterocycles. The molecule has 2 rings (SSSR count). The van der Waals surface area contributed by atoms with Crippen molar-refractivity contribution in [3.63, 3.8) is 0 Å². The number of hydrogen-bond acceptors (Lipinski definition) is 3.